The van der Waals surface area contributed by atoms with Gasteiger partial charge in [-0.1, -0.05) is 0 Å². The summed E-state index contributed by atoms with van der Waals surface area (Å²) in [5.41, 5.74) is 1.12. The van der Waals surface area contributed by atoms with Gasteiger partial charge in [-0.3, -0.25) is 4.79 Å². The number of carbonyl (C=O) groups excluding carboxylic acids is 1. The van der Waals surface area contributed by atoms with Gasteiger partial charge >= 0.3 is 0 Å². The van der Waals surface area contributed by atoms with Gasteiger partial charge in [-0.2, -0.15) is 5.26 Å². The first kappa shape index (κ1) is 12.3. The van der Waals surface area contributed by atoms with Crippen molar-refractivity contribution in [3.8, 4) is 6.07 Å². The zero-order valence-corrected chi connectivity index (χ0v) is 10.0. The van der Waals surface area contributed by atoms with Crippen molar-refractivity contribution in [1.82, 2.24) is 15.2 Å². The van der Waals surface area contributed by atoms with Gasteiger partial charge in [-0.25, -0.2) is 4.98 Å². The van der Waals surface area contributed by atoms with E-state index in [9.17, 15) is 4.79 Å². The summed E-state index contributed by atoms with van der Waals surface area (Å²) in [7, 11) is 0. The maximum absolute atomic E-state index is 11.9. The lowest BCUT2D eigenvalue weighted by atomic mass is 10.3. The van der Waals surface area contributed by atoms with Crippen LogP contribution in [0.25, 0.3) is 0 Å². The number of nitrogens with zero attached hydrogens (tertiary/aromatic N) is 3. The second-order valence-corrected chi connectivity index (χ2v) is 4.03. The highest BCUT2D eigenvalue weighted by molar-refractivity contribution is 5.80. The fourth-order valence-electron chi connectivity index (χ4n) is 1.77. The Bertz CT molecular complexity index is 445. The molecule has 1 saturated heterocycles. The zero-order chi connectivity index (χ0) is 12.8. The van der Waals surface area contributed by atoms with Crippen LogP contribution in [0.5, 0.6) is 0 Å². The Kier molecular flexibility index (Phi) is 4.10. The molecule has 1 amide bonds. The minimum Gasteiger partial charge on any atom is -0.375 e. The molecule has 0 radical (unpaired) electrons. The quantitative estimate of drug-likeness (QED) is 0.770. The summed E-state index contributed by atoms with van der Waals surface area (Å²) >= 11 is 0. The van der Waals surface area contributed by atoms with E-state index in [1.165, 1.54) is 0 Å². The van der Waals surface area contributed by atoms with E-state index in [4.69, 9.17) is 5.26 Å². The molecule has 2 rings (SSSR count). The molecule has 0 bridgehead atoms. The number of nitrogens with one attached hydrogen (secondary N) is 2. The number of nitriles is 1. The Morgan fingerprint density at radius 2 is 2.28 bits per heavy atom. The molecule has 1 aliphatic heterocycles. The summed E-state index contributed by atoms with van der Waals surface area (Å²) in [5.74, 6) is 0.0841. The predicted molar refractivity (Wildman–Crippen MR) is 66.9 cm³/mol. The van der Waals surface area contributed by atoms with E-state index >= 15 is 0 Å². The lowest BCUT2D eigenvalue weighted by Crippen LogP contribution is -2.48. The molecule has 6 nitrogen and oxygen atoms in total. The van der Waals surface area contributed by atoms with E-state index < -0.39 is 0 Å². The summed E-state index contributed by atoms with van der Waals surface area (Å²) in [6.45, 7) is 3.47. The summed E-state index contributed by atoms with van der Waals surface area (Å²) in [6.07, 6.45) is 1.56. The standard InChI is InChI=1S/C12H15N5O/c13-7-10-1-2-11(8-15-10)16-9-12(18)17-5-3-14-4-6-17/h1-2,8,14,16H,3-6,9H2. The van der Waals surface area contributed by atoms with Crippen molar-refractivity contribution in [1.29, 1.82) is 5.26 Å². The third kappa shape index (κ3) is 3.18. The molecule has 0 aromatic carbocycles. The zero-order valence-electron chi connectivity index (χ0n) is 10.0. The van der Waals surface area contributed by atoms with E-state index in [1.54, 1.807) is 18.3 Å². The first-order valence-corrected chi connectivity index (χ1v) is 5.88. The van der Waals surface area contributed by atoms with Crippen LogP contribution in [0.15, 0.2) is 18.3 Å². The van der Waals surface area contributed by atoms with Gasteiger partial charge < -0.3 is 15.5 Å². The number of hydrogen-bond donors (Lipinski definition) is 2. The number of rotatable bonds is 3. The first-order chi connectivity index (χ1) is 8.79. The van der Waals surface area contributed by atoms with Crippen molar-refractivity contribution >= 4 is 11.6 Å². The highest BCUT2D eigenvalue weighted by Crippen LogP contribution is 2.05. The fraction of sp³-hybridized carbons (Fsp3) is 0.417. The summed E-state index contributed by atoms with van der Waals surface area (Å²) in [6, 6.07) is 5.32. The molecule has 1 aromatic heterocycles. The Hall–Kier alpha value is -2.13. The molecule has 0 spiro atoms. The van der Waals surface area contributed by atoms with Crippen LogP contribution in [0.3, 0.4) is 0 Å². The van der Waals surface area contributed by atoms with Crippen LogP contribution >= 0.6 is 0 Å². The van der Waals surface area contributed by atoms with E-state index in [1.807, 2.05) is 11.0 Å². The number of piperazine rings is 1. The predicted octanol–water partition coefficient (Wildman–Crippen LogP) is -0.203. The molecule has 1 aromatic rings. The van der Waals surface area contributed by atoms with E-state index in [-0.39, 0.29) is 12.5 Å². The Morgan fingerprint density at radius 1 is 1.50 bits per heavy atom. The van der Waals surface area contributed by atoms with E-state index in [0.717, 1.165) is 31.9 Å². The molecule has 1 aliphatic rings. The maximum Gasteiger partial charge on any atom is 0.241 e. The molecule has 6 heteroatoms. The fourth-order valence-corrected chi connectivity index (χ4v) is 1.77. The number of hydrogen-bond acceptors (Lipinski definition) is 5. The number of anilines is 1. The van der Waals surface area contributed by atoms with Crippen LogP contribution in [-0.2, 0) is 4.79 Å². The third-order valence-corrected chi connectivity index (χ3v) is 2.79. The number of carbonyl (C=O) groups is 1. The topological polar surface area (TPSA) is 81.0 Å². The molecule has 0 atom stereocenters. The van der Waals surface area contributed by atoms with Crippen LogP contribution < -0.4 is 10.6 Å². The van der Waals surface area contributed by atoms with Crippen molar-refractivity contribution in [2.24, 2.45) is 0 Å². The van der Waals surface area contributed by atoms with Crippen LogP contribution in [0, 0.1) is 11.3 Å². The number of amides is 1. The number of aromatic nitrogens is 1. The van der Waals surface area contributed by atoms with Crippen molar-refractivity contribution in [2.75, 3.05) is 38.0 Å². The summed E-state index contributed by atoms with van der Waals surface area (Å²) in [4.78, 5) is 17.6. The SMILES string of the molecule is N#Cc1ccc(NCC(=O)N2CCNCC2)cn1. The molecule has 2 heterocycles. The summed E-state index contributed by atoms with van der Waals surface area (Å²) < 4.78 is 0. The lowest BCUT2D eigenvalue weighted by Gasteiger charge is -2.27. The van der Waals surface area contributed by atoms with Crippen LogP contribution in [0.4, 0.5) is 5.69 Å². The van der Waals surface area contributed by atoms with Gasteiger partial charge in [0.15, 0.2) is 0 Å². The van der Waals surface area contributed by atoms with Crippen LogP contribution in [0.1, 0.15) is 5.69 Å². The molecule has 18 heavy (non-hydrogen) atoms. The monoisotopic (exact) mass is 245 g/mol. The van der Waals surface area contributed by atoms with Gasteiger partial charge in [0.1, 0.15) is 11.8 Å². The second kappa shape index (κ2) is 5.98. The first-order valence-electron chi connectivity index (χ1n) is 5.88. The molecule has 1 fully saturated rings. The second-order valence-electron chi connectivity index (χ2n) is 4.03. The Labute approximate surface area is 106 Å². The average Bonchev–Trinajstić information content (AvgIpc) is 2.46. The van der Waals surface area contributed by atoms with E-state index in [0.29, 0.717) is 5.69 Å². The van der Waals surface area contributed by atoms with Crippen LogP contribution in [-0.4, -0.2) is 48.5 Å². The Balaban J connectivity index is 1.83. The highest BCUT2D eigenvalue weighted by Gasteiger charge is 2.15. The highest BCUT2D eigenvalue weighted by atomic mass is 16.2. The van der Waals surface area contributed by atoms with E-state index in [2.05, 4.69) is 15.6 Å². The maximum atomic E-state index is 11.9. The summed E-state index contributed by atoms with van der Waals surface area (Å²) in [5, 5.41) is 14.8. The van der Waals surface area contributed by atoms with Gasteiger partial charge in [-0.05, 0) is 12.1 Å². The number of pyridine rings is 1. The van der Waals surface area contributed by atoms with Gasteiger partial charge in [0.25, 0.3) is 0 Å². The van der Waals surface area contributed by atoms with Gasteiger partial charge in [-0.15, -0.1) is 0 Å². The molecule has 94 valence electrons. The smallest absolute Gasteiger partial charge is 0.241 e. The van der Waals surface area contributed by atoms with Crippen molar-refractivity contribution in [3.63, 3.8) is 0 Å². The lowest BCUT2D eigenvalue weighted by molar-refractivity contribution is -0.129. The molecule has 0 unspecified atom stereocenters. The van der Waals surface area contributed by atoms with Crippen molar-refractivity contribution in [2.45, 2.75) is 0 Å². The van der Waals surface area contributed by atoms with Crippen LogP contribution in [0.2, 0.25) is 0 Å². The van der Waals surface area contributed by atoms with Gasteiger partial charge in [0.05, 0.1) is 18.4 Å². The molecule has 0 aliphatic carbocycles. The largest absolute Gasteiger partial charge is 0.375 e. The normalized spacial score (nSPS) is 14.9. The van der Waals surface area contributed by atoms with Crippen molar-refractivity contribution in [3.05, 3.63) is 24.0 Å². The molecule has 0 saturated carbocycles. The minimum atomic E-state index is 0.0841. The Morgan fingerprint density at radius 3 is 2.89 bits per heavy atom. The van der Waals surface area contributed by atoms with Gasteiger partial charge in [0.2, 0.25) is 5.91 Å². The third-order valence-electron chi connectivity index (χ3n) is 2.79. The minimum absolute atomic E-state index is 0.0841. The molecular formula is C12H15N5O. The van der Waals surface area contributed by atoms with Crippen molar-refractivity contribution < 1.29 is 4.79 Å². The molecule has 2 N–H and O–H groups in total. The average molecular weight is 245 g/mol. The van der Waals surface area contributed by atoms with Gasteiger partial charge in [0, 0.05) is 26.2 Å². The molecular weight excluding hydrogens is 230 g/mol.